The number of methoxy groups -OCH3 is 2. The molecule has 0 spiro atoms. The summed E-state index contributed by atoms with van der Waals surface area (Å²) in [5, 5.41) is 5.98. The van der Waals surface area contributed by atoms with Crippen molar-refractivity contribution in [1.29, 1.82) is 0 Å². The normalized spacial score (nSPS) is 24.7. The molecule has 4 aliphatic heterocycles. The predicted molar refractivity (Wildman–Crippen MR) is 234 cm³/mol. The molecule has 0 bridgehead atoms. The minimum atomic E-state index is -0.784. The summed E-state index contributed by atoms with van der Waals surface area (Å²) in [6, 6.07) is 14.0. The highest BCUT2D eigenvalue weighted by Crippen LogP contribution is 2.40. The molecule has 4 saturated heterocycles. The lowest BCUT2D eigenvalue weighted by Gasteiger charge is -2.36. The number of rotatable bonds is 11. The van der Waals surface area contributed by atoms with Crippen molar-refractivity contribution in [1.82, 2.24) is 40.4 Å². The van der Waals surface area contributed by atoms with Crippen molar-refractivity contribution >= 4 is 35.6 Å². The van der Waals surface area contributed by atoms with Gasteiger partial charge < -0.3 is 49.3 Å². The highest BCUT2D eigenvalue weighted by molar-refractivity contribution is 6.31. The van der Waals surface area contributed by atoms with Crippen LogP contribution in [-0.4, -0.2) is 119 Å². The lowest BCUT2D eigenvalue weighted by Crippen LogP contribution is -2.55. The highest BCUT2D eigenvalue weighted by atomic mass is 35.5. The Morgan fingerprint density at radius 3 is 1.63 bits per heavy atom. The number of halogens is 1. The Bertz CT molecular complexity index is 2240. The van der Waals surface area contributed by atoms with E-state index in [9.17, 15) is 19.2 Å². The van der Waals surface area contributed by atoms with Gasteiger partial charge in [0.2, 0.25) is 11.8 Å². The molecule has 0 saturated carbocycles. The van der Waals surface area contributed by atoms with Crippen LogP contribution in [0, 0.1) is 11.8 Å². The zero-order chi connectivity index (χ0) is 44.2. The summed E-state index contributed by atoms with van der Waals surface area (Å²) in [6.45, 7) is 6.12. The first-order valence-corrected chi connectivity index (χ1v) is 22.4. The van der Waals surface area contributed by atoms with Crippen LogP contribution in [0.1, 0.15) is 88.9 Å². The molecule has 6 heterocycles. The summed E-state index contributed by atoms with van der Waals surface area (Å²) in [6.07, 6.45) is 6.73. The van der Waals surface area contributed by atoms with Crippen molar-refractivity contribution in [2.75, 3.05) is 40.6 Å². The van der Waals surface area contributed by atoms with Gasteiger partial charge in [0.05, 0.1) is 51.4 Å². The second-order valence-corrected chi connectivity index (χ2v) is 17.6. The van der Waals surface area contributed by atoms with Gasteiger partial charge in [0.25, 0.3) is 0 Å². The third kappa shape index (κ3) is 9.43. The van der Waals surface area contributed by atoms with E-state index in [1.165, 1.54) is 14.2 Å². The van der Waals surface area contributed by atoms with Crippen LogP contribution in [0.5, 0.6) is 0 Å². The van der Waals surface area contributed by atoms with Gasteiger partial charge in [-0.1, -0.05) is 60.1 Å². The average molecular weight is 885 g/mol. The first kappa shape index (κ1) is 44.2. The zero-order valence-electron chi connectivity index (χ0n) is 36.2. The predicted octanol–water partition coefficient (Wildman–Crippen LogP) is 7.19. The lowest BCUT2D eigenvalue weighted by atomic mass is 9.92. The molecule has 0 radical (unpaired) electrons. The molecule has 4 N–H and O–H groups in total. The molecule has 0 unspecified atom stereocenters. The minimum Gasteiger partial charge on any atom is -0.453 e. The first-order chi connectivity index (χ1) is 30.5. The van der Waals surface area contributed by atoms with Gasteiger partial charge >= 0.3 is 12.2 Å². The highest BCUT2D eigenvalue weighted by Gasteiger charge is 2.45. The van der Waals surface area contributed by atoms with Crippen molar-refractivity contribution in [2.45, 2.75) is 101 Å². The largest absolute Gasteiger partial charge is 0.453 e. The molecule has 4 aromatic rings. The van der Waals surface area contributed by atoms with Gasteiger partial charge in [-0.25, -0.2) is 19.6 Å². The van der Waals surface area contributed by atoms with Crippen LogP contribution >= 0.6 is 11.6 Å². The molecule has 8 atom stereocenters. The number of nitrogens with zero attached hydrogens (tertiary/aromatic N) is 4. The third-order valence-corrected chi connectivity index (χ3v) is 13.5. The topological polar surface area (TPSA) is 193 Å². The van der Waals surface area contributed by atoms with Gasteiger partial charge in [-0.3, -0.25) is 9.59 Å². The van der Waals surface area contributed by atoms with E-state index in [0.29, 0.717) is 55.3 Å². The first-order valence-electron chi connectivity index (χ1n) is 22.0. The number of aromatic amines is 2. The number of likely N-dealkylation sites (tertiary alicyclic amines) is 2. The van der Waals surface area contributed by atoms with Gasteiger partial charge in [-0.2, -0.15) is 0 Å². The van der Waals surface area contributed by atoms with Crippen LogP contribution in [0.4, 0.5) is 9.59 Å². The number of carbonyl (C=O) groups is 4. The van der Waals surface area contributed by atoms with Crippen LogP contribution in [0.3, 0.4) is 0 Å². The van der Waals surface area contributed by atoms with Crippen LogP contribution < -0.4 is 10.6 Å². The number of nitrogens with one attached hydrogen (secondary N) is 4. The number of hydrogen-bond donors (Lipinski definition) is 4. The number of alkyl carbamates (subject to hydrolysis) is 2. The number of carbonyl (C=O) groups excluding carboxylic acids is 4. The second kappa shape index (κ2) is 19.5. The second-order valence-electron chi connectivity index (χ2n) is 17.2. The van der Waals surface area contributed by atoms with Gasteiger partial charge in [0.1, 0.15) is 34.6 Å². The van der Waals surface area contributed by atoms with Crippen LogP contribution in [0.2, 0.25) is 5.15 Å². The quantitative estimate of drug-likeness (QED) is 0.120. The number of amides is 4. The van der Waals surface area contributed by atoms with E-state index in [1.807, 2.05) is 60.0 Å². The lowest BCUT2D eigenvalue weighted by molar-refractivity contribution is -0.140. The molecular formula is C46H57ClN8O8. The summed E-state index contributed by atoms with van der Waals surface area (Å²) < 4.78 is 21.1. The third-order valence-electron chi connectivity index (χ3n) is 13.2. The van der Waals surface area contributed by atoms with Gasteiger partial charge in [-0.05, 0) is 81.9 Å². The molecule has 336 valence electrons. The maximum atomic E-state index is 14.2. The Hall–Kier alpha value is -5.45. The molecule has 16 nitrogen and oxygen atoms in total. The molecule has 4 fully saturated rings. The van der Waals surface area contributed by atoms with E-state index in [0.717, 1.165) is 72.9 Å². The molecule has 4 aliphatic rings. The number of imidazole rings is 2. The summed E-state index contributed by atoms with van der Waals surface area (Å²) >= 11 is 6.81. The zero-order valence-corrected chi connectivity index (χ0v) is 37.0. The van der Waals surface area contributed by atoms with E-state index >= 15 is 0 Å². The molecule has 8 rings (SSSR count). The molecule has 2 aromatic carbocycles. The van der Waals surface area contributed by atoms with Crippen LogP contribution in [0.25, 0.3) is 33.6 Å². The van der Waals surface area contributed by atoms with Crippen LogP contribution in [0.15, 0.2) is 54.7 Å². The van der Waals surface area contributed by atoms with E-state index in [1.54, 1.807) is 6.20 Å². The molecule has 4 amide bonds. The van der Waals surface area contributed by atoms with Crippen molar-refractivity contribution in [2.24, 2.45) is 11.8 Å². The van der Waals surface area contributed by atoms with E-state index < -0.39 is 24.3 Å². The van der Waals surface area contributed by atoms with Gasteiger partial charge in [-0.15, -0.1) is 0 Å². The number of ether oxygens (including phenoxy) is 4. The van der Waals surface area contributed by atoms with E-state index in [4.69, 9.17) is 40.5 Å². The Labute approximate surface area is 372 Å². The van der Waals surface area contributed by atoms with Gasteiger partial charge in [0, 0.05) is 42.7 Å². The van der Waals surface area contributed by atoms with Crippen molar-refractivity contribution < 1.29 is 38.1 Å². The smallest absolute Gasteiger partial charge is 0.407 e. The maximum absolute atomic E-state index is 14.2. The molecule has 17 heteroatoms. The fourth-order valence-corrected chi connectivity index (χ4v) is 10.0. The Morgan fingerprint density at radius 1 is 0.683 bits per heavy atom. The number of H-pyrrole nitrogens is 2. The standard InChI is InChI=1S/C46H57ClN8O8/c1-26-9-19-35(54(26)43(56)38(51-45(58)60-3)32-7-5-21-62-24-32)41-48-23-34(49-41)30-15-11-28(12-16-30)29-13-17-31(18-14-29)37-40(47)53-42(50-37)36-20-10-27(2)55(36)44(57)39(52-46(59)61-4)33-8-6-22-63-25-33/h11-18,23,26-27,32-33,35-36,38-39H,5-10,19-22,24-25H2,1-4H3,(H,48,49)(H,50,53)(H,51,58)(H,52,59)/t26-,27-,32+,33+,35+,36+,38+,39+/m1/s1. The number of aromatic nitrogens is 4. The maximum Gasteiger partial charge on any atom is 0.407 e. The number of hydrogen-bond acceptors (Lipinski definition) is 10. The summed E-state index contributed by atoms with van der Waals surface area (Å²) in [5.41, 5.74) is 5.23. The van der Waals surface area contributed by atoms with Crippen molar-refractivity contribution in [3.63, 3.8) is 0 Å². The van der Waals surface area contributed by atoms with E-state index in [2.05, 4.69) is 32.7 Å². The number of benzene rings is 2. The molecular weight excluding hydrogens is 828 g/mol. The van der Waals surface area contributed by atoms with Crippen molar-refractivity contribution in [3.05, 3.63) is 71.5 Å². The Kier molecular flexibility index (Phi) is 13.7. The van der Waals surface area contributed by atoms with Crippen LogP contribution in [-0.2, 0) is 28.5 Å². The van der Waals surface area contributed by atoms with Crippen molar-refractivity contribution in [3.8, 4) is 33.6 Å². The fourth-order valence-electron chi connectivity index (χ4n) is 9.79. The Morgan fingerprint density at radius 2 is 1.16 bits per heavy atom. The summed E-state index contributed by atoms with van der Waals surface area (Å²) in [7, 11) is 2.59. The minimum absolute atomic E-state index is 0.0327. The average Bonchev–Trinajstić information content (AvgIpc) is 4.13. The molecule has 2 aromatic heterocycles. The fraction of sp³-hybridized carbons (Fsp3) is 0.522. The summed E-state index contributed by atoms with van der Waals surface area (Å²) in [4.78, 5) is 73.2. The summed E-state index contributed by atoms with van der Waals surface area (Å²) in [5.74, 6) is 0.654. The SMILES string of the molecule is COC(=O)N[C@H](C(=O)N1[C@H](C)CC[C@H]1c1ncc(-c2ccc(-c3ccc(-c4nc([C@@H]5CC[C@@H](C)N5C(=O)[C@@H](NC(=O)OC)[C@H]5CCCOC5)[nH]c4Cl)cc3)cc2)[nH]1)[C@H]1CCCOC1. The monoisotopic (exact) mass is 884 g/mol. The van der Waals surface area contributed by atoms with E-state index in [-0.39, 0.29) is 47.8 Å². The molecule has 0 aliphatic carbocycles. The Balaban J connectivity index is 0.946. The molecule has 63 heavy (non-hydrogen) atoms. The van der Waals surface area contributed by atoms with Gasteiger partial charge in [0.15, 0.2) is 0 Å².